The molecule has 1 saturated carbocycles. The molecule has 2 heterocycles. The molecule has 2 fully saturated rings. The first-order valence-corrected chi connectivity index (χ1v) is 10.3. The van der Waals surface area contributed by atoms with Crippen LogP contribution in [0.5, 0.6) is 0 Å². The summed E-state index contributed by atoms with van der Waals surface area (Å²) in [6.07, 6.45) is 5.46. The largest absolute Gasteiger partial charge is 0.388 e. The molecule has 1 N–H and O–H groups in total. The summed E-state index contributed by atoms with van der Waals surface area (Å²) in [7, 11) is 0. The number of aliphatic hydroxyl groups is 1. The van der Waals surface area contributed by atoms with Crippen molar-refractivity contribution < 1.29 is 5.11 Å². The van der Waals surface area contributed by atoms with Gasteiger partial charge in [-0.05, 0) is 30.7 Å². The molecule has 0 spiro atoms. The average Bonchev–Trinajstić information content (AvgIpc) is 3.42. The van der Waals surface area contributed by atoms with Crippen LogP contribution in [0.1, 0.15) is 30.4 Å². The SMILES string of the molecule is OC1(C2CC2)CCN(Cc2cn(Cc3ccccc3)nc2-c2ccccc2)C1. The first-order valence-electron chi connectivity index (χ1n) is 10.3. The fraction of sp³-hybridized carbons (Fsp3) is 0.375. The molecule has 0 bridgehead atoms. The normalized spacial score (nSPS) is 22.6. The second kappa shape index (κ2) is 7.19. The highest BCUT2D eigenvalue weighted by Gasteiger charge is 2.47. The molecule has 144 valence electrons. The van der Waals surface area contributed by atoms with Gasteiger partial charge in [0.1, 0.15) is 0 Å². The van der Waals surface area contributed by atoms with E-state index in [0.29, 0.717) is 5.92 Å². The van der Waals surface area contributed by atoms with Crippen LogP contribution in [0, 0.1) is 5.92 Å². The standard InChI is InChI=1S/C24H27N3O/c28-24(22-11-12-22)13-14-26(18-24)16-21-17-27(15-19-7-3-1-4-8-19)25-23(21)20-9-5-2-6-10-20/h1-10,17,22,28H,11-16,18H2. The molecule has 1 atom stereocenters. The number of rotatable bonds is 6. The number of aromatic nitrogens is 2. The second-order valence-corrected chi connectivity index (χ2v) is 8.39. The molecule has 5 rings (SSSR count). The first-order chi connectivity index (χ1) is 13.7. The van der Waals surface area contributed by atoms with Crippen LogP contribution in [0.3, 0.4) is 0 Å². The van der Waals surface area contributed by atoms with E-state index in [1.807, 2.05) is 12.1 Å². The summed E-state index contributed by atoms with van der Waals surface area (Å²) in [5.41, 5.74) is 4.23. The molecule has 2 aliphatic rings. The van der Waals surface area contributed by atoms with Crippen LogP contribution >= 0.6 is 0 Å². The summed E-state index contributed by atoms with van der Waals surface area (Å²) < 4.78 is 2.05. The van der Waals surface area contributed by atoms with Gasteiger partial charge in [-0.1, -0.05) is 60.7 Å². The van der Waals surface area contributed by atoms with E-state index in [2.05, 4.69) is 64.3 Å². The fourth-order valence-corrected chi connectivity index (χ4v) is 4.50. The zero-order chi connectivity index (χ0) is 19.0. The number of likely N-dealkylation sites (tertiary alicyclic amines) is 1. The van der Waals surface area contributed by atoms with Crippen molar-refractivity contribution in [2.24, 2.45) is 5.92 Å². The van der Waals surface area contributed by atoms with Crippen LogP contribution in [0.2, 0.25) is 0 Å². The number of benzene rings is 2. The highest BCUT2D eigenvalue weighted by atomic mass is 16.3. The lowest BCUT2D eigenvalue weighted by Crippen LogP contribution is -2.35. The van der Waals surface area contributed by atoms with Gasteiger partial charge >= 0.3 is 0 Å². The van der Waals surface area contributed by atoms with Crippen LogP contribution < -0.4 is 0 Å². The maximum atomic E-state index is 10.9. The molecular formula is C24H27N3O. The molecule has 0 radical (unpaired) electrons. The molecule has 1 aliphatic carbocycles. The maximum Gasteiger partial charge on any atom is 0.0968 e. The fourth-order valence-electron chi connectivity index (χ4n) is 4.50. The average molecular weight is 374 g/mol. The molecule has 2 aromatic carbocycles. The first kappa shape index (κ1) is 17.7. The van der Waals surface area contributed by atoms with E-state index in [-0.39, 0.29) is 0 Å². The lowest BCUT2D eigenvalue weighted by atomic mass is 9.97. The van der Waals surface area contributed by atoms with Crippen LogP contribution in [-0.2, 0) is 13.1 Å². The summed E-state index contributed by atoms with van der Waals surface area (Å²) >= 11 is 0. The lowest BCUT2D eigenvalue weighted by Gasteiger charge is -2.23. The number of nitrogens with zero attached hydrogens (tertiary/aromatic N) is 3. The van der Waals surface area contributed by atoms with Crippen LogP contribution in [0.25, 0.3) is 11.3 Å². The predicted octanol–water partition coefficient (Wildman–Crippen LogP) is 3.95. The van der Waals surface area contributed by atoms with Gasteiger partial charge in [-0.2, -0.15) is 5.10 Å². The quantitative estimate of drug-likeness (QED) is 0.711. The van der Waals surface area contributed by atoms with Gasteiger partial charge in [0.15, 0.2) is 0 Å². The second-order valence-electron chi connectivity index (χ2n) is 8.39. The minimum atomic E-state index is -0.465. The van der Waals surface area contributed by atoms with Gasteiger partial charge in [0.2, 0.25) is 0 Å². The highest BCUT2D eigenvalue weighted by Crippen LogP contribution is 2.44. The van der Waals surface area contributed by atoms with Crippen molar-refractivity contribution in [3.8, 4) is 11.3 Å². The Morgan fingerprint density at radius 1 is 0.964 bits per heavy atom. The third-order valence-corrected chi connectivity index (χ3v) is 6.16. The Balaban J connectivity index is 1.40. The van der Waals surface area contributed by atoms with Crippen LogP contribution in [0.15, 0.2) is 66.9 Å². The van der Waals surface area contributed by atoms with E-state index < -0.39 is 5.60 Å². The molecule has 1 saturated heterocycles. The molecule has 4 nitrogen and oxygen atoms in total. The summed E-state index contributed by atoms with van der Waals surface area (Å²) in [6.45, 7) is 3.36. The van der Waals surface area contributed by atoms with Gasteiger partial charge < -0.3 is 5.11 Å². The molecule has 1 aromatic heterocycles. The van der Waals surface area contributed by atoms with Gasteiger partial charge in [-0.25, -0.2) is 0 Å². The van der Waals surface area contributed by atoms with Crippen molar-refractivity contribution in [1.82, 2.24) is 14.7 Å². The molecular weight excluding hydrogens is 346 g/mol. The topological polar surface area (TPSA) is 41.3 Å². The van der Waals surface area contributed by atoms with E-state index in [1.54, 1.807) is 0 Å². The highest BCUT2D eigenvalue weighted by molar-refractivity contribution is 5.62. The van der Waals surface area contributed by atoms with E-state index >= 15 is 0 Å². The monoisotopic (exact) mass is 373 g/mol. The Morgan fingerprint density at radius 3 is 2.39 bits per heavy atom. The van der Waals surface area contributed by atoms with Crippen molar-refractivity contribution in [3.63, 3.8) is 0 Å². The Hall–Kier alpha value is -2.43. The zero-order valence-electron chi connectivity index (χ0n) is 16.2. The lowest BCUT2D eigenvalue weighted by molar-refractivity contribution is 0.0263. The molecule has 0 amide bonds. The summed E-state index contributed by atoms with van der Waals surface area (Å²) in [6, 6.07) is 20.9. The summed E-state index contributed by atoms with van der Waals surface area (Å²) in [5, 5.41) is 15.8. The minimum Gasteiger partial charge on any atom is -0.388 e. The van der Waals surface area contributed by atoms with Crippen LogP contribution in [-0.4, -0.2) is 38.5 Å². The molecule has 28 heavy (non-hydrogen) atoms. The number of hydrogen-bond acceptors (Lipinski definition) is 3. The van der Waals surface area contributed by atoms with Gasteiger partial charge in [0.25, 0.3) is 0 Å². The Labute approximate surface area is 166 Å². The summed E-state index contributed by atoms with van der Waals surface area (Å²) in [4.78, 5) is 2.40. The Morgan fingerprint density at radius 2 is 1.68 bits per heavy atom. The van der Waals surface area contributed by atoms with E-state index in [9.17, 15) is 5.11 Å². The Bertz CT molecular complexity index is 933. The van der Waals surface area contributed by atoms with Crippen molar-refractivity contribution in [2.75, 3.05) is 13.1 Å². The molecule has 3 aromatic rings. The van der Waals surface area contributed by atoms with Crippen molar-refractivity contribution >= 4 is 0 Å². The van der Waals surface area contributed by atoms with Gasteiger partial charge in [0.05, 0.1) is 17.8 Å². The van der Waals surface area contributed by atoms with Crippen molar-refractivity contribution in [1.29, 1.82) is 0 Å². The van der Waals surface area contributed by atoms with Gasteiger partial charge in [-0.3, -0.25) is 9.58 Å². The summed E-state index contributed by atoms with van der Waals surface area (Å²) in [5.74, 6) is 0.520. The molecule has 1 unspecified atom stereocenters. The van der Waals surface area contributed by atoms with Gasteiger partial charge in [-0.15, -0.1) is 0 Å². The third kappa shape index (κ3) is 3.62. The van der Waals surface area contributed by atoms with Crippen molar-refractivity contribution in [3.05, 3.63) is 78.0 Å². The van der Waals surface area contributed by atoms with E-state index in [1.165, 1.54) is 24.0 Å². The predicted molar refractivity (Wildman–Crippen MR) is 111 cm³/mol. The van der Waals surface area contributed by atoms with E-state index in [0.717, 1.165) is 43.9 Å². The minimum absolute atomic E-state index is 0.465. The zero-order valence-corrected chi connectivity index (χ0v) is 16.2. The molecule has 4 heteroatoms. The smallest absolute Gasteiger partial charge is 0.0968 e. The van der Waals surface area contributed by atoms with Crippen LogP contribution in [0.4, 0.5) is 0 Å². The molecule has 1 aliphatic heterocycles. The van der Waals surface area contributed by atoms with Crippen molar-refractivity contribution in [2.45, 2.75) is 38.0 Å². The third-order valence-electron chi connectivity index (χ3n) is 6.16. The Kier molecular flexibility index (Phi) is 4.53. The van der Waals surface area contributed by atoms with Gasteiger partial charge in [0, 0.05) is 37.0 Å². The van der Waals surface area contributed by atoms with E-state index in [4.69, 9.17) is 5.10 Å². The number of β-amino-alcohol motifs (C(OH)–C–C–N with tert-alkyl or cyclic N) is 1. The number of hydrogen-bond donors (Lipinski definition) is 1. The maximum absolute atomic E-state index is 10.9.